The van der Waals surface area contributed by atoms with E-state index in [1.54, 1.807) is 0 Å². The van der Waals surface area contributed by atoms with Crippen molar-refractivity contribution in [1.82, 2.24) is 9.80 Å². The molecule has 214 valence electrons. The standard InChI is InChI=1S/C34H44N2O4/c1-26-30(12-6-14-32(26)39-22-8-18-35-20-16-29(37)24-35)31-13-7-15-33(27(31)2)40-23-9-19-36-21-17-34(38,25-36)28-10-4-3-5-11-28/h3-7,10-15,29,37-38H,8-9,16-25H2,1-2H3. The van der Waals surface area contributed by atoms with Gasteiger partial charge >= 0.3 is 0 Å². The van der Waals surface area contributed by atoms with Crippen molar-refractivity contribution < 1.29 is 19.7 Å². The van der Waals surface area contributed by atoms with E-state index in [1.165, 1.54) is 11.1 Å². The molecule has 2 fully saturated rings. The minimum atomic E-state index is -0.749. The molecule has 2 saturated heterocycles. The highest BCUT2D eigenvalue weighted by Crippen LogP contribution is 2.36. The van der Waals surface area contributed by atoms with E-state index >= 15 is 0 Å². The van der Waals surface area contributed by atoms with Gasteiger partial charge in [-0.25, -0.2) is 0 Å². The Morgan fingerprint density at radius 3 is 1.95 bits per heavy atom. The Kier molecular flexibility index (Phi) is 9.43. The molecule has 6 heteroatoms. The van der Waals surface area contributed by atoms with E-state index in [4.69, 9.17) is 9.47 Å². The van der Waals surface area contributed by atoms with E-state index < -0.39 is 5.60 Å². The van der Waals surface area contributed by atoms with Gasteiger partial charge in [-0.05, 0) is 79.5 Å². The second-order valence-electron chi connectivity index (χ2n) is 11.4. The molecule has 0 aromatic heterocycles. The Labute approximate surface area is 239 Å². The van der Waals surface area contributed by atoms with Crippen LogP contribution >= 0.6 is 0 Å². The van der Waals surface area contributed by atoms with Crippen LogP contribution < -0.4 is 9.47 Å². The Balaban J connectivity index is 1.12. The van der Waals surface area contributed by atoms with Crippen LogP contribution in [-0.2, 0) is 5.60 Å². The van der Waals surface area contributed by atoms with Gasteiger partial charge in [0.1, 0.15) is 17.1 Å². The number of β-amino-alcohol motifs (C(OH)–C–C–N with tert-alkyl or cyclic N) is 2. The number of aliphatic hydroxyl groups excluding tert-OH is 1. The summed E-state index contributed by atoms with van der Waals surface area (Å²) in [6.07, 6.45) is 3.33. The molecule has 0 bridgehead atoms. The number of hydrogen-bond acceptors (Lipinski definition) is 6. The molecule has 3 aromatic carbocycles. The minimum Gasteiger partial charge on any atom is -0.493 e. The van der Waals surface area contributed by atoms with Crippen LogP contribution in [0.2, 0.25) is 0 Å². The largest absolute Gasteiger partial charge is 0.493 e. The maximum atomic E-state index is 11.1. The number of benzene rings is 3. The third-order valence-corrected chi connectivity index (χ3v) is 8.50. The Morgan fingerprint density at radius 2 is 1.38 bits per heavy atom. The highest BCUT2D eigenvalue weighted by atomic mass is 16.5. The first kappa shape index (κ1) is 28.6. The van der Waals surface area contributed by atoms with Gasteiger partial charge in [0.25, 0.3) is 0 Å². The molecule has 2 atom stereocenters. The van der Waals surface area contributed by atoms with Crippen molar-refractivity contribution in [2.24, 2.45) is 0 Å². The first-order valence-electron chi connectivity index (χ1n) is 14.8. The number of ether oxygens (including phenoxy) is 2. The zero-order chi connectivity index (χ0) is 28.0. The molecule has 2 heterocycles. The summed E-state index contributed by atoms with van der Waals surface area (Å²) in [5.74, 6) is 1.84. The lowest BCUT2D eigenvalue weighted by Gasteiger charge is -2.24. The smallest absolute Gasteiger partial charge is 0.122 e. The first-order chi connectivity index (χ1) is 19.4. The molecule has 0 radical (unpaired) electrons. The van der Waals surface area contributed by atoms with Crippen molar-refractivity contribution in [3.8, 4) is 22.6 Å². The molecule has 2 aliphatic rings. The Hall–Kier alpha value is -2.90. The Bertz CT molecular complexity index is 1250. The van der Waals surface area contributed by atoms with Gasteiger partial charge in [-0.1, -0.05) is 54.6 Å². The second-order valence-corrected chi connectivity index (χ2v) is 11.4. The lowest BCUT2D eigenvalue weighted by molar-refractivity contribution is 0.0456. The first-order valence-corrected chi connectivity index (χ1v) is 14.8. The van der Waals surface area contributed by atoms with Crippen molar-refractivity contribution in [3.63, 3.8) is 0 Å². The zero-order valence-electron chi connectivity index (χ0n) is 24.0. The van der Waals surface area contributed by atoms with Gasteiger partial charge in [-0.2, -0.15) is 0 Å². The molecule has 0 spiro atoms. The SMILES string of the molecule is Cc1c(OCCCN2CCC(O)C2)cccc1-c1cccc(OCCCN2CCC(O)(c3ccccc3)C2)c1C. The number of nitrogens with zero attached hydrogens (tertiary/aromatic N) is 2. The lowest BCUT2D eigenvalue weighted by Crippen LogP contribution is -2.31. The second kappa shape index (κ2) is 13.2. The molecule has 6 nitrogen and oxygen atoms in total. The van der Waals surface area contributed by atoms with Crippen LogP contribution in [0.4, 0.5) is 0 Å². The summed E-state index contributed by atoms with van der Waals surface area (Å²) in [5, 5.41) is 20.8. The quantitative estimate of drug-likeness (QED) is 0.307. The summed E-state index contributed by atoms with van der Waals surface area (Å²) in [6.45, 7) is 10.8. The lowest BCUT2D eigenvalue weighted by atomic mass is 9.93. The van der Waals surface area contributed by atoms with Gasteiger partial charge in [-0.15, -0.1) is 0 Å². The van der Waals surface area contributed by atoms with Gasteiger partial charge < -0.3 is 24.6 Å². The van der Waals surface area contributed by atoms with E-state index in [1.807, 2.05) is 42.5 Å². The summed E-state index contributed by atoms with van der Waals surface area (Å²) in [4.78, 5) is 4.64. The number of likely N-dealkylation sites (tertiary alicyclic amines) is 2. The molecule has 5 rings (SSSR count). The van der Waals surface area contributed by atoms with Gasteiger partial charge in [-0.3, -0.25) is 4.90 Å². The average Bonchev–Trinajstić information content (AvgIpc) is 3.57. The molecule has 0 aliphatic carbocycles. The summed E-state index contributed by atoms with van der Waals surface area (Å²) in [5.41, 5.74) is 4.86. The van der Waals surface area contributed by atoms with Gasteiger partial charge in [0, 0.05) is 39.3 Å². The molecule has 2 aliphatic heterocycles. The van der Waals surface area contributed by atoms with Crippen LogP contribution in [0.15, 0.2) is 66.7 Å². The molecule has 0 saturated carbocycles. The monoisotopic (exact) mass is 544 g/mol. The maximum absolute atomic E-state index is 11.1. The molecule has 2 N–H and O–H groups in total. The highest BCUT2D eigenvalue weighted by Gasteiger charge is 2.37. The van der Waals surface area contributed by atoms with Crippen LogP contribution in [0.5, 0.6) is 11.5 Å². The highest BCUT2D eigenvalue weighted by molar-refractivity contribution is 5.74. The molecular formula is C34H44N2O4. The molecule has 40 heavy (non-hydrogen) atoms. The van der Waals surface area contributed by atoms with E-state index in [9.17, 15) is 10.2 Å². The third kappa shape index (κ3) is 6.87. The summed E-state index contributed by atoms with van der Waals surface area (Å²) in [7, 11) is 0. The van der Waals surface area contributed by atoms with Crippen molar-refractivity contribution >= 4 is 0 Å². The maximum Gasteiger partial charge on any atom is 0.122 e. The minimum absolute atomic E-state index is 0.172. The van der Waals surface area contributed by atoms with Crippen LogP contribution in [-0.4, -0.2) is 78.6 Å². The fourth-order valence-electron chi connectivity index (χ4n) is 6.13. The number of hydrogen-bond donors (Lipinski definition) is 2. The predicted molar refractivity (Wildman–Crippen MR) is 160 cm³/mol. The van der Waals surface area contributed by atoms with E-state index in [2.05, 4.69) is 47.9 Å². The molecule has 3 aromatic rings. The van der Waals surface area contributed by atoms with Crippen LogP contribution in [0.1, 0.15) is 42.4 Å². The van der Waals surface area contributed by atoms with Crippen molar-refractivity contribution in [2.45, 2.75) is 51.2 Å². The van der Waals surface area contributed by atoms with Gasteiger partial charge in [0.15, 0.2) is 0 Å². The van der Waals surface area contributed by atoms with E-state index in [0.717, 1.165) is 86.6 Å². The Morgan fingerprint density at radius 1 is 0.775 bits per heavy atom. The van der Waals surface area contributed by atoms with Crippen molar-refractivity contribution in [1.29, 1.82) is 0 Å². The van der Waals surface area contributed by atoms with Crippen molar-refractivity contribution in [2.75, 3.05) is 52.5 Å². The third-order valence-electron chi connectivity index (χ3n) is 8.50. The zero-order valence-corrected chi connectivity index (χ0v) is 24.0. The normalized spacial score (nSPS) is 21.6. The van der Waals surface area contributed by atoms with Gasteiger partial charge in [0.05, 0.1) is 19.3 Å². The van der Waals surface area contributed by atoms with E-state index in [-0.39, 0.29) is 6.10 Å². The number of rotatable bonds is 12. The molecule has 0 amide bonds. The van der Waals surface area contributed by atoms with Gasteiger partial charge in [0.2, 0.25) is 0 Å². The number of aliphatic hydroxyl groups is 2. The van der Waals surface area contributed by atoms with Crippen LogP contribution in [0.3, 0.4) is 0 Å². The fourth-order valence-corrected chi connectivity index (χ4v) is 6.13. The van der Waals surface area contributed by atoms with Crippen molar-refractivity contribution in [3.05, 3.63) is 83.4 Å². The van der Waals surface area contributed by atoms with Crippen LogP contribution in [0.25, 0.3) is 11.1 Å². The fraction of sp³-hybridized carbons (Fsp3) is 0.471. The summed E-state index contributed by atoms with van der Waals surface area (Å²) >= 11 is 0. The summed E-state index contributed by atoms with van der Waals surface area (Å²) in [6, 6.07) is 22.6. The average molecular weight is 545 g/mol. The van der Waals surface area contributed by atoms with E-state index in [0.29, 0.717) is 19.8 Å². The topological polar surface area (TPSA) is 65.4 Å². The molecular weight excluding hydrogens is 500 g/mol. The predicted octanol–water partition coefficient (Wildman–Crippen LogP) is 5.17. The van der Waals surface area contributed by atoms with Crippen LogP contribution in [0, 0.1) is 13.8 Å². The molecule has 2 unspecified atom stereocenters. The summed E-state index contributed by atoms with van der Waals surface area (Å²) < 4.78 is 12.4.